The molecule has 1 aliphatic carbocycles. The molecule has 0 spiro atoms. The number of nitrogens with zero attached hydrogens (tertiary/aromatic N) is 3. The highest BCUT2D eigenvalue weighted by Gasteiger charge is 2.34. The average Bonchev–Trinajstić information content (AvgIpc) is 3.05. The maximum Gasteiger partial charge on any atom is 0.435 e. The molecule has 0 aromatic carbocycles. The summed E-state index contributed by atoms with van der Waals surface area (Å²) in [5.41, 5.74) is 0.326. The molecule has 1 aliphatic rings. The molecule has 110 valence electrons. The first-order chi connectivity index (χ1) is 9.86. The number of aromatic carboxylic acids is 1. The fourth-order valence-electron chi connectivity index (χ4n) is 2.39. The lowest BCUT2D eigenvalue weighted by molar-refractivity contribution is -0.141. The molecule has 0 fully saturated rings. The molecule has 0 atom stereocenters. The Morgan fingerprint density at radius 1 is 1.33 bits per heavy atom. The number of carbonyl (C=O) groups is 1. The van der Waals surface area contributed by atoms with Gasteiger partial charge in [0.15, 0.2) is 11.5 Å². The summed E-state index contributed by atoms with van der Waals surface area (Å²) in [4.78, 5) is 15.5. The van der Waals surface area contributed by atoms with Gasteiger partial charge >= 0.3 is 12.1 Å². The fraction of sp³-hybridized carbons (Fsp3) is 0.308. The molecule has 3 rings (SSSR count). The maximum absolute atomic E-state index is 12.6. The van der Waals surface area contributed by atoms with E-state index in [0.717, 1.165) is 41.0 Å². The van der Waals surface area contributed by atoms with E-state index in [0.29, 0.717) is 6.42 Å². The van der Waals surface area contributed by atoms with Crippen LogP contribution in [0.15, 0.2) is 18.3 Å². The second-order valence-electron chi connectivity index (χ2n) is 4.77. The second-order valence-corrected chi connectivity index (χ2v) is 4.77. The Balaban J connectivity index is 2.13. The summed E-state index contributed by atoms with van der Waals surface area (Å²) >= 11 is 0. The quantitative estimate of drug-likeness (QED) is 0.924. The molecule has 0 radical (unpaired) electrons. The lowest BCUT2D eigenvalue weighted by Crippen LogP contribution is -2.12. The van der Waals surface area contributed by atoms with Crippen molar-refractivity contribution in [1.29, 1.82) is 0 Å². The third kappa shape index (κ3) is 2.37. The standard InChI is InChI=1S/C13H10F3N3O2/c14-13(15,16)10-4-5-19(18-10)11-8(12(20)21)6-7-2-1-3-9(7)17-11/h4-6H,1-3H2,(H,20,21). The first kappa shape index (κ1) is 13.6. The molecule has 2 aromatic rings. The van der Waals surface area contributed by atoms with E-state index < -0.39 is 17.8 Å². The van der Waals surface area contributed by atoms with Crippen molar-refractivity contribution in [3.05, 3.63) is 40.8 Å². The second kappa shape index (κ2) is 4.57. The van der Waals surface area contributed by atoms with Gasteiger partial charge in [0.1, 0.15) is 5.56 Å². The number of rotatable bonds is 2. The Labute approximate surface area is 117 Å². The van der Waals surface area contributed by atoms with Crippen LogP contribution in [0, 0.1) is 0 Å². The van der Waals surface area contributed by atoms with Crippen LogP contribution in [0.4, 0.5) is 13.2 Å². The van der Waals surface area contributed by atoms with Gasteiger partial charge in [-0.15, -0.1) is 0 Å². The van der Waals surface area contributed by atoms with Gasteiger partial charge in [0.25, 0.3) is 0 Å². The van der Waals surface area contributed by atoms with Gasteiger partial charge in [0.2, 0.25) is 0 Å². The van der Waals surface area contributed by atoms with E-state index in [1.807, 2.05) is 0 Å². The van der Waals surface area contributed by atoms with Crippen LogP contribution in [0.3, 0.4) is 0 Å². The molecule has 0 saturated carbocycles. The van der Waals surface area contributed by atoms with Crippen molar-refractivity contribution in [2.45, 2.75) is 25.4 Å². The van der Waals surface area contributed by atoms with Crippen LogP contribution < -0.4 is 0 Å². The van der Waals surface area contributed by atoms with Crippen molar-refractivity contribution >= 4 is 5.97 Å². The summed E-state index contributed by atoms with van der Waals surface area (Å²) in [5, 5.41) is 12.6. The van der Waals surface area contributed by atoms with Gasteiger partial charge in [0.05, 0.1) is 0 Å². The minimum Gasteiger partial charge on any atom is -0.478 e. The minimum atomic E-state index is -4.58. The van der Waals surface area contributed by atoms with Gasteiger partial charge in [-0.25, -0.2) is 14.5 Å². The largest absolute Gasteiger partial charge is 0.478 e. The summed E-state index contributed by atoms with van der Waals surface area (Å²) in [7, 11) is 0. The summed E-state index contributed by atoms with van der Waals surface area (Å²) in [5.74, 6) is -1.32. The molecule has 0 amide bonds. The van der Waals surface area contributed by atoms with Crippen molar-refractivity contribution in [1.82, 2.24) is 14.8 Å². The zero-order valence-corrected chi connectivity index (χ0v) is 10.7. The number of aryl methyl sites for hydroxylation is 2. The topological polar surface area (TPSA) is 68.0 Å². The van der Waals surface area contributed by atoms with E-state index in [9.17, 15) is 23.1 Å². The normalized spacial score (nSPS) is 14.2. The zero-order valence-electron chi connectivity index (χ0n) is 10.7. The van der Waals surface area contributed by atoms with Gasteiger partial charge in [-0.05, 0) is 37.0 Å². The van der Waals surface area contributed by atoms with Gasteiger partial charge in [0, 0.05) is 11.9 Å². The lowest BCUT2D eigenvalue weighted by Gasteiger charge is -2.09. The number of hydrogen-bond acceptors (Lipinski definition) is 3. The predicted molar refractivity (Wildman–Crippen MR) is 65.3 cm³/mol. The van der Waals surface area contributed by atoms with Crippen molar-refractivity contribution in [2.24, 2.45) is 0 Å². The Bertz CT molecular complexity index is 722. The van der Waals surface area contributed by atoms with Crippen LogP contribution in [0.25, 0.3) is 5.82 Å². The number of hydrogen-bond donors (Lipinski definition) is 1. The monoisotopic (exact) mass is 297 g/mol. The van der Waals surface area contributed by atoms with Gasteiger partial charge < -0.3 is 5.11 Å². The average molecular weight is 297 g/mol. The summed E-state index contributed by atoms with van der Waals surface area (Å²) < 4.78 is 38.6. The molecular weight excluding hydrogens is 287 g/mol. The zero-order chi connectivity index (χ0) is 15.2. The van der Waals surface area contributed by atoms with E-state index in [2.05, 4.69) is 10.1 Å². The molecule has 21 heavy (non-hydrogen) atoms. The van der Waals surface area contributed by atoms with Gasteiger partial charge in [-0.3, -0.25) is 0 Å². The van der Waals surface area contributed by atoms with Crippen molar-refractivity contribution in [2.75, 3.05) is 0 Å². The molecule has 0 aliphatic heterocycles. The number of carboxylic acid groups (broad SMARTS) is 1. The molecule has 0 bridgehead atoms. The molecular formula is C13H10F3N3O2. The SMILES string of the molecule is O=C(O)c1cc2c(nc1-n1ccc(C(F)(F)F)n1)CCC2. The Kier molecular flexibility index (Phi) is 2.96. The molecule has 0 unspecified atom stereocenters. The number of aromatic nitrogens is 3. The van der Waals surface area contributed by atoms with E-state index >= 15 is 0 Å². The van der Waals surface area contributed by atoms with Crippen molar-refractivity contribution in [3.63, 3.8) is 0 Å². The van der Waals surface area contributed by atoms with E-state index in [1.165, 1.54) is 6.07 Å². The number of fused-ring (bicyclic) bond motifs is 1. The van der Waals surface area contributed by atoms with Gasteiger partial charge in [-0.2, -0.15) is 18.3 Å². The maximum atomic E-state index is 12.6. The minimum absolute atomic E-state index is 0.0846. The smallest absolute Gasteiger partial charge is 0.435 e. The van der Waals surface area contributed by atoms with Crippen LogP contribution >= 0.6 is 0 Å². The van der Waals surface area contributed by atoms with Crippen molar-refractivity contribution < 1.29 is 23.1 Å². The van der Waals surface area contributed by atoms with Crippen LogP contribution in [0.5, 0.6) is 0 Å². The highest BCUT2D eigenvalue weighted by Crippen LogP contribution is 2.29. The molecule has 0 saturated heterocycles. The number of alkyl halides is 3. The van der Waals surface area contributed by atoms with Crippen LogP contribution in [-0.2, 0) is 19.0 Å². The lowest BCUT2D eigenvalue weighted by atomic mass is 10.1. The van der Waals surface area contributed by atoms with Gasteiger partial charge in [-0.1, -0.05) is 0 Å². The molecule has 5 nitrogen and oxygen atoms in total. The van der Waals surface area contributed by atoms with Crippen LogP contribution in [0.2, 0.25) is 0 Å². The summed E-state index contributed by atoms with van der Waals surface area (Å²) in [6.45, 7) is 0. The number of carboxylic acids is 1. The first-order valence-electron chi connectivity index (χ1n) is 6.25. The molecule has 1 N–H and O–H groups in total. The molecule has 8 heteroatoms. The Morgan fingerprint density at radius 2 is 2.10 bits per heavy atom. The Hall–Kier alpha value is -2.38. The van der Waals surface area contributed by atoms with Crippen LogP contribution in [-0.4, -0.2) is 25.8 Å². The Morgan fingerprint density at radius 3 is 2.71 bits per heavy atom. The highest BCUT2D eigenvalue weighted by molar-refractivity contribution is 5.91. The van der Waals surface area contributed by atoms with Crippen LogP contribution in [0.1, 0.15) is 33.7 Å². The third-order valence-corrected chi connectivity index (χ3v) is 3.36. The van der Waals surface area contributed by atoms with E-state index in [4.69, 9.17) is 0 Å². The third-order valence-electron chi connectivity index (χ3n) is 3.36. The first-order valence-corrected chi connectivity index (χ1v) is 6.25. The van der Waals surface area contributed by atoms with Crippen molar-refractivity contribution in [3.8, 4) is 5.82 Å². The predicted octanol–water partition coefficient (Wildman–Crippen LogP) is 2.47. The van der Waals surface area contributed by atoms with E-state index in [-0.39, 0.29) is 11.4 Å². The highest BCUT2D eigenvalue weighted by atomic mass is 19.4. The summed E-state index contributed by atoms with van der Waals surface area (Å²) in [6, 6.07) is 2.27. The molecule has 2 heterocycles. The van der Waals surface area contributed by atoms with E-state index in [1.54, 1.807) is 0 Å². The molecule has 2 aromatic heterocycles. The number of halogens is 3. The summed E-state index contributed by atoms with van der Waals surface area (Å²) in [6.07, 6.45) is -1.23. The fourth-order valence-corrected chi connectivity index (χ4v) is 2.39. The number of pyridine rings is 1.